The van der Waals surface area contributed by atoms with Gasteiger partial charge in [-0.15, -0.1) is 0 Å². The molecule has 2 aromatic rings. The number of carbonyl (C=O) groups is 1. The lowest BCUT2D eigenvalue weighted by atomic mass is 9.83. The minimum absolute atomic E-state index is 0.156. The average Bonchev–Trinajstić information content (AvgIpc) is 2.67. The van der Waals surface area contributed by atoms with E-state index >= 15 is 0 Å². The number of rotatable bonds is 4. The Bertz CT molecular complexity index is 808. The Hall–Kier alpha value is -2.27. The van der Waals surface area contributed by atoms with E-state index in [1.807, 2.05) is 17.0 Å². The lowest BCUT2D eigenvalue weighted by molar-refractivity contribution is -0.142. The van der Waals surface area contributed by atoms with Gasteiger partial charge in [0, 0.05) is 44.2 Å². The van der Waals surface area contributed by atoms with Crippen molar-refractivity contribution in [2.24, 2.45) is 5.92 Å². The van der Waals surface area contributed by atoms with Crippen LogP contribution in [0.2, 0.25) is 0 Å². The van der Waals surface area contributed by atoms with Crippen LogP contribution in [0.1, 0.15) is 30.4 Å². The van der Waals surface area contributed by atoms with E-state index in [0.717, 1.165) is 37.1 Å². The van der Waals surface area contributed by atoms with Crippen molar-refractivity contribution in [1.82, 2.24) is 9.80 Å². The molecule has 3 nitrogen and oxygen atoms in total. The molecule has 2 aliphatic heterocycles. The van der Waals surface area contributed by atoms with Crippen molar-refractivity contribution in [3.8, 4) is 0 Å². The van der Waals surface area contributed by atoms with Gasteiger partial charge in [-0.25, -0.2) is 8.78 Å². The molecular weight excluding hydrogens is 346 g/mol. The second-order valence-electron chi connectivity index (χ2n) is 7.63. The molecule has 0 N–H and O–H groups in total. The van der Waals surface area contributed by atoms with Crippen LogP contribution in [0.5, 0.6) is 0 Å². The molecule has 142 valence electrons. The van der Waals surface area contributed by atoms with Crippen LogP contribution in [0, 0.1) is 17.6 Å². The van der Waals surface area contributed by atoms with Crippen LogP contribution in [0.3, 0.4) is 0 Å². The summed E-state index contributed by atoms with van der Waals surface area (Å²) < 4.78 is 27.1. The predicted octanol–water partition coefficient (Wildman–Crippen LogP) is 3.98. The highest BCUT2D eigenvalue weighted by Crippen LogP contribution is 2.33. The molecule has 1 amide bonds. The highest BCUT2D eigenvalue weighted by molar-refractivity contribution is 5.77. The van der Waals surface area contributed by atoms with Crippen LogP contribution in [0.15, 0.2) is 48.5 Å². The Morgan fingerprint density at radius 1 is 0.963 bits per heavy atom. The first kappa shape index (κ1) is 18.1. The maximum absolute atomic E-state index is 14.0. The molecule has 27 heavy (non-hydrogen) atoms. The first-order valence-corrected chi connectivity index (χ1v) is 9.60. The molecular formula is C22H24F2N2O. The standard InChI is InChI=1S/C22H24F2N2O/c23-19-8-5-16(6-9-19)13-26-21-11-12-25(15-18(21)7-10-22(26)27)14-17-3-1-2-4-20(17)24/h1-6,8-9,18,21H,7,10-15H2/t18-,21+/m1/s1. The highest BCUT2D eigenvalue weighted by Gasteiger charge is 2.39. The molecule has 2 saturated heterocycles. The summed E-state index contributed by atoms with van der Waals surface area (Å²) in [5, 5.41) is 0. The van der Waals surface area contributed by atoms with E-state index in [1.54, 1.807) is 18.2 Å². The Labute approximate surface area is 158 Å². The maximum atomic E-state index is 14.0. The molecule has 4 rings (SSSR count). The van der Waals surface area contributed by atoms with Gasteiger partial charge in [-0.3, -0.25) is 9.69 Å². The molecule has 2 fully saturated rings. The highest BCUT2D eigenvalue weighted by atomic mass is 19.1. The lowest BCUT2D eigenvalue weighted by Gasteiger charge is -2.47. The fraction of sp³-hybridized carbons (Fsp3) is 0.409. The molecule has 0 bridgehead atoms. The lowest BCUT2D eigenvalue weighted by Crippen LogP contribution is -2.55. The molecule has 0 saturated carbocycles. The summed E-state index contributed by atoms with van der Waals surface area (Å²) in [6.45, 7) is 2.88. The van der Waals surface area contributed by atoms with Crippen LogP contribution in [0.25, 0.3) is 0 Å². The fourth-order valence-corrected chi connectivity index (χ4v) is 4.43. The van der Waals surface area contributed by atoms with Gasteiger partial charge in [-0.1, -0.05) is 30.3 Å². The Morgan fingerprint density at radius 3 is 2.52 bits per heavy atom. The quantitative estimate of drug-likeness (QED) is 0.813. The second-order valence-corrected chi connectivity index (χ2v) is 7.63. The molecule has 5 heteroatoms. The first-order chi connectivity index (χ1) is 13.1. The Balaban J connectivity index is 1.43. The topological polar surface area (TPSA) is 23.6 Å². The maximum Gasteiger partial charge on any atom is 0.223 e. The van der Waals surface area contributed by atoms with Gasteiger partial charge < -0.3 is 4.90 Å². The number of fused-ring (bicyclic) bond motifs is 1. The number of piperidine rings is 2. The third kappa shape index (κ3) is 4.03. The van der Waals surface area contributed by atoms with Gasteiger partial charge in [-0.05, 0) is 42.5 Å². The van der Waals surface area contributed by atoms with E-state index in [1.165, 1.54) is 18.2 Å². The second kappa shape index (κ2) is 7.77. The zero-order valence-electron chi connectivity index (χ0n) is 15.3. The summed E-state index contributed by atoms with van der Waals surface area (Å²) in [7, 11) is 0. The molecule has 0 unspecified atom stereocenters. The Kier molecular flexibility index (Phi) is 5.21. The third-order valence-electron chi connectivity index (χ3n) is 5.85. The van der Waals surface area contributed by atoms with Gasteiger partial charge in [0.05, 0.1) is 0 Å². The van der Waals surface area contributed by atoms with Crippen LogP contribution < -0.4 is 0 Å². The zero-order valence-corrected chi connectivity index (χ0v) is 15.3. The summed E-state index contributed by atoms with van der Waals surface area (Å²) >= 11 is 0. The van der Waals surface area contributed by atoms with Gasteiger partial charge in [0.15, 0.2) is 0 Å². The number of amides is 1. The average molecular weight is 370 g/mol. The number of hydrogen-bond acceptors (Lipinski definition) is 2. The molecule has 0 aromatic heterocycles. The monoisotopic (exact) mass is 370 g/mol. The summed E-state index contributed by atoms with van der Waals surface area (Å²) in [6.07, 6.45) is 2.33. The first-order valence-electron chi connectivity index (χ1n) is 9.60. The minimum atomic E-state index is -0.261. The van der Waals surface area contributed by atoms with Crippen molar-refractivity contribution < 1.29 is 13.6 Å². The number of hydrogen-bond donors (Lipinski definition) is 0. The van der Waals surface area contributed by atoms with Crippen molar-refractivity contribution >= 4 is 5.91 Å². The number of likely N-dealkylation sites (tertiary alicyclic amines) is 2. The summed E-state index contributed by atoms with van der Waals surface area (Å²) in [5.74, 6) is 0.172. The third-order valence-corrected chi connectivity index (χ3v) is 5.85. The minimum Gasteiger partial charge on any atom is -0.335 e. The van der Waals surface area contributed by atoms with Crippen LogP contribution in [0.4, 0.5) is 8.78 Å². The van der Waals surface area contributed by atoms with Crippen molar-refractivity contribution in [3.05, 3.63) is 71.3 Å². The number of nitrogens with zero attached hydrogens (tertiary/aromatic N) is 2. The molecule has 0 spiro atoms. The van der Waals surface area contributed by atoms with Gasteiger partial charge in [0.2, 0.25) is 5.91 Å². The molecule has 0 radical (unpaired) electrons. The van der Waals surface area contributed by atoms with E-state index in [2.05, 4.69) is 4.90 Å². The van der Waals surface area contributed by atoms with Gasteiger partial charge in [-0.2, -0.15) is 0 Å². The van der Waals surface area contributed by atoms with Crippen molar-refractivity contribution in [2.75, 3.05) is 13.1 Å². The fourth-order valence-electron chi connectivity index (χ4n) is 4.43. The van der Waals surface area contributed by atoms with E-state index in [9.17, 15) is 13.6 Å². The number of benzene rings is 2. The smallest absolute Gasteiger partial charge is 0.223 e. The molecule has 2 atom stereocenters. The van der Waals surface area contributed by atoms with E-state index in [4.69, 9.17) is 0 Å². The van der Waals surface area contributed by atoms with E-state index in [-0.39, 0.29) is 23.6 Å². The SMILES string of the molecule is O=C1CC[C@@H]2CN(Cc3ccccc3F)CC[C@@H]2N1Cc1ccc(F)cc1. The Morgan fingerprint density at radius 2 is 1.74 bits per heavy atom. The van der Waals surface area contributed by atoms with Crippen LogP contribution in [-0.4, -0.2) is 34.8 Å². The van der Waals surface area contributed by atoms with Gasteiger partial charge >= 0.3 is 0 Å². The summed E-state index contributed by atoms with van der Waals surface area (Å²) in [4.78, 5) is 16.8. The number of halogens is 2. The normalized spacial score (nSPS) is 23.3. The van der Waals surface area contributed by atoms with Crippen molar-refractivity contribution in [3.63, 3.8) is 0 Å². The largest absolute Gasteiger partial charge is 0.335 e. The van der Waals surface area contributed by atoms with Crippen molar-refractivity contribution in [1.29, 1.82) is 0 Å². The van der Waals surface area contributed by atoms with Crippen LogP contribution in [-0.2, 0) is 17.9 Å². The molecule has 2 aliphatic rings. The zero-order chi connectivity index (χ0) is 18.8. The summed E-state index contributed by atoms with van der Waals surface area (Å²) in [6, 6.07) is 13.5. The predicted molar refractivity (Wildman–Crippen MR) is 99.8 cm³/mol. The van der Waals surface area contributed by atoms with Gasteiger partial charge in [0.1, 0.15) is 11.6 Å². The molecule has 2 heterocycles. The molecule has 0 aliphatic carbocycles. The summed E-state index contributed by atoms with van der Waals surface area (Å²) in [5.41, 5.74) is 1.69. The van der Waals surface area contributed by atoms with Crippen molar-refractivity contribution in [2.45, 2.75) is 38.4 Å². The molecule has 2 aromatic carbocycles. The van der Waals surface area contributed by atoms with Gasteiger partial charge in [0.25, 0.3) is 0 Å². The van der Waals surface area contributed by atoms with E-state index in [0.29, 0.717) is 25.4 Å². The number of carbonyl (C=O) groups excluding carboxylic acids is 1. The van der Waals surface area contributed by atoms with Crippen LogP contribution >= 0.6 is 0 Å². The van der Waals surface area contributed by atoms with E-state index < -0.39 is 0 Å².